The van der Waals surface area contributed by atoms with Crippen molar-refractivity contribution in [2.45, 2.75) is 25.1 Å². The number of carbonyl (C=O) groups is 1. The van der Waals surface area contributed by atoms with Crippen LogP contribution in [0.5, 0.6) is 0 Å². The van der Waals surface area contributed by atoms with Crippen molar-refractivity contribution < 1.29 is 26.4 Å². The first-order chi connectivity index (χ1) is 10.6. The third kappa shape index (κ3) is 4.93. The maximum absolute atomic E-state index is 12.4. The van der Waals surface area contributed by atoms with E-state index in [9.17, 15) is 26.4 Å². The highest BCUT2D eigenvalue weighted by molar-refractivity contribution is 7.88. The van der Waals surface area contributed by atoms with Gasteiger partial charge in [0.25, 0.3) is 5.91 Å². The van der Waals surface area contributed by atoms with E-state index in [-0.39, 0.29) is 24.7 Å². The van der Waals surface area contributed by atoms with E-state index in [2.05, 4.69) is 5.32 Å². The molecule has 1 aliphatic carbocycles. The van der Waals surface area contributed by atoms with Crippen molar-refractivity contribution >= 4 is 15.9 Å². The summed E-state index contributed by atoms with van der Waals surface area (Å²) >= 11 is 0. The number of benzene rings is 1. The van der Waals surface area contributed by atoms with E-state index in [1.54, 1.807) is 0 Å². The van der Waals surface area contributed by atoms with Gasteiger partial charge in [-0.1, -0.05) is 0 Å². The number of carbonyl (C=O) groups excluding carboxylic acids is 1. The lowest BCUT2D eigenvalue weighted by Crippen LogP contribution is -2.39. The number of amides is 1. The van der Waals surface area contributed by atoms with Crippen molar-refractivity contribution in [1.29, 1.82) is 0 Å². The highest BCUT2D eigenvalue weighted by atomic mass is 32.2. The first kappa shape index (κ1) is 17.7. The molecule has 1 fully saturated rings. The zero-order valence-electron chi connectivity index (χ0n) is 12.4. The summed E-state index contributed by atoms with van der Waals surface area (Å²) in [5.74, 6) is -0.539. The van der Waals surface area contributed by atoms with Crippen LogP contribution in [0.4, 0.5) is 13.2 Å². The lowest BCUT2D eigenvalue weighted by molar-refractivity contribution is -0.137. The van der Waals surface area contributed by atoms with E-state index in [1.165, 1.54) is 4.31 Å². The van der Waals surface area contributed by atoms with E-state index in [4.69, 9.17) is 0 Å². The summed E-state index contributed by atoms with van der Waals surface area (Å²) in [7, 11) is -3.33. The number of rotatable bonds is 6. The van der Waals surface area contributed by atoms with Crippen molar-refractivity contribution in [1.82, 2.24) is 9.62 Å². The molecule has 9 heteroatoms. The molecule has 0 bridgehead atoms. The van der Waals surface area contributed by atoms with Crippen LogP contribution in [0.15, 0.2) is 24.3 Å². The quantitative estimate of drug-likeness (QED) is 0.852. The Morgan fingerprint density at radius 1 is 1.26 bits per heavy atom. The predicted octanol–water partition coefficient (Wildman–Crippen LogP) is 1.86. The Morgan fingerprint density at radius 2 is 1.83 bits per heavy atom. The molecule has 0 saturated heterocycles. The smallest absolute Gasteiger partial charge is 0.351 e. The third-order valence-electron chi connectivity index (χ3n) is 3.47. The van der Waals surface area contributed by atoms with E-state index in [0.717, 1.165) is 43.4 Å². The molecular weight excluding hydrogens is 333 g/mol. The summed E-state index contributed by atoms with van der Waals surface area (Å²) in [4.78, 5) is 11.9. The number of alkyl halides is 3. The van der Waals surface area contributed by atoms with Gasteiger partial charge >= 0.3 is 6.18 Å². The Morgan fingerprint density at radius 3 is 2.26 bits per heavy atom. The van der Waals surface area contributed by atoms with Crippen LogP contribution in [-0.2, 0) is 16.2 Å². The Bertz CT molecular complexity index is 668. The predicted molar refractivity (Wildman–Crippen MR) is 78.3 cm³/mol. The topological polar surface area (TPSA) is 66.5 Å². The average Bonchev–Trinajstić information content (AvgIpc) is 3.25. The van der Waals surface area contributed by atoms with E-state index < -0.39 is 27.7 Å². The van der Waals surface area contributed by atoms with Crippen LogP contribution in [0.1, 0.15) is 28.8 Å². The van der Waals surface area contributed by atoms with Gasteiger partial charge in [-0.05, 0) is 37.1 Å². The van der Waals surface area contributed by atoms with Crippen molar-refractivity contribution in [2.24, 2.45) is 0 Å². The van der Waals surface area contributed by atoms with Gasteiger partial charge in [0.05, 0.1) is 11.8 Å². The second-order valence-corrected chi connectivity index (χ2v) is 7.37. The average molecular weight is 350 g/mol. The molecule has 128 valence electrons. The van der Waals surface area contributed by atoms with Gasteiger partial charge in [0.2, 0.25) is 10.0 Å². The standard InChI is InChI=1S/C14H17F3N2O3S/c1-23(21,22)19(12-6-7-12)9-8-18-13(20)10-2-4-11(5-3-10)14(15,16)17/h2-5,12H,6-9H2,1H3,(H,18,20). The van der Waals surface area contributed by atoms with Gasteiger partial charge in [-0.2, -0.15) is 17.5 Å². The number of sulfonamides is 1. The number of nitrogens with one attached hydrogen (secondary N) is 1. The largest absolute Gasteiger partial charge is 0.416 e. The molecule has 1 amide bonds. The zero-order valence-corrected chi connectivity index (χ0v) is 13.2. The van der Waals surface area contributed by atoms with Crippen molar-refractivity contribution in [3.05, 3.63) is 35.4 Å². The Kier molecular flexibility index (Phi) is 5.00. The molecule has 5 nitrogen and oxygen atoms in total. The minimum atomic E-state index is -4.45. The molecule has 0 aliphatic heterocycles. The molecule has 1 saturated carbocycles. The van der Waals surface area contributed by atoms with Crippen LogP contribution in [0, 0.1) is 0 Å². The van der Waals surface area contributed by atoms with Crippen LogP contribution in [0.25, 0.3) is 0 Å². The molecule has 1 aromatic rings. The molecule has 1 aliphatic rings. The molecule has 1 N–H and O–H groups in total. The first-order valence-corrected chi connectivity index (χ1v) is 8.86. The molecule has 1 aromatic carbocycles. The summed E-state index contributed by atoms with van der Waals surface area (Å²) in [5.41, 5.74) is -0.735. The van der Waals surface area contributed by atoms with Crippen LogP contribution < -0.4 is 5.32 Å². The fourth-order valence-electron chi connectivity index (χ4n) is 2.17. The first-order valence-electron chi connectivity index (χ1n) is 7.01. The molecular formula is C14H17F3N2O3S. The van der Waals surface area contributed by atoms with E-state index in [1.807, 2.05) is 0 Å². The summed E-state index contributed by atoms with van der Waals surface area (Å²) in [6.07, 6.45) is -1.72. The van der Waals surface area contributed by atoms with E-state index >= 15 is 0 Å². The highest BCUT2D eigenvalue weighted by Gasteiger charge is 2.34. The van der Waals surface area contributed by atoms with Crippen LogP contribution in [0.3, 0.4) is 0 Å². The normalized spacial score (nSPS) is 15.7. The van der Waals surface area contributed by atoms with Gasteiger partial charge in [0.15, 0.2) is 0 Å². The summed E-state index contributed by atoms with van der Waals surface area (Å²) < 4.78 is 61.9. The molecule has 0 spiro atoms. The van der Waals surface area contributed by atoms with Crippen LogP contribution in [0.2, 0.25) is 0 Å². The summed E-state index contributed by atoms with van der Waals surface area (Å²) in [6, 6.07) is 3.85. The number of hydrogen-bond acceptors (Lipinski definition) is 3. The van der Waals surface area contributed by atoms with Gasteiger partial charge in [0.1, 0.15) is 0 Å². The molecule has 23 heavy (non-hydrogen) atoms. The molecule has 0 radical (unpaired) electrons. The molecule has 0 unspecified atom stereocenters. The summed E-state index contributed by atoms with van der Waals surface area (Å²) in [5, 5.41) is 2.52. The van der Waals surface area contributed by atoms with Gasteiger partial charge in [0, 0.05) is 24.7 Å². The maximum Gasteiger partial charge on any atom is 0.416 e. The van der Waals surface area contributed by atoms with Crippen LogP contribution >= 0.6 is 0 Å². The second kappa shape index (κ2) is 6.48. The fourth-order valence-corrected chi connectivity index (χ4v) is 3.35. The van der Waals surface area contributed by atoms with Gasteiger partial charge in [-0.3, -0.25) is 4.79 Å². The number of nitrogens with zero attached hydrogens (tertiary/aromatic N) is 1. The highest BCUT2D eigenvalue weighted by Crippen LogP contribution is 2.29. The number of halogens is 3. The second-order valence-electron chi connectivity index (χ2n) is 5.44. The van der Waals surface area contributed by atoms with E-state index in [0.29, 0.717) is 0 Å². The summed E-state index contributed by atoms with van der Waals surface area (Å²) in [6.45, 7) is 0.249. The molecule has 2 rings (SSSR count). The third-order valence-corrected chi connectivity index (χ3v) is 4.80. The van der Waals surface area contributed by atoms with Crippen molar-refractivity contribution in [3.63, 3.8) is 0 Å². The lowest BCUT2D eigenvalue weighted by atomic mass is 10.1. The molecule has 0 atom stereocenters. The minimum Gasteiger partial charge on any atom is -0.351 e. The number of hydrogen-bond donors (Lipinski definition) is 1. The SMILES string of the molecule is CS(=O)(=O)N(CCNC(=O)c1ccc(C(F)(F)F)cc1)C1CC1. The lowest BCUT2D eigenvalue weighted by Gasteiger charge is -2.19. The molecule has 0 aromatic heterocycles. The Hall–Kier alpha value is -1.61. The van der Waals surface area contributed by atoms with Crippen molar-refractivity contribution in [3.8, 4) is 0 Å². The Balaban J connectivity index is 1.89. The van der Waals surface area contributed by atoms with Crippen LogP contribution in [-0.4, -0.2) is 44.0 Å². The van der Waals surface area contributed by atoms with Gasteiger partial charge in [-0.15, -0.1) is 0 Å². The van der Waals surface area contributed by atoms with Crippen molar-refractivity contribution in [2.75, 3.05) is 19.3 Å². The van der Waals surface area contributed by atoms with Gasteiger partial charge < -0.3 is 5.32 Å². The van der Waals surface area contributed by atoms with Gasteiger partial charge in [-0.25, -0.2) is 8.42 Å². The maximum atomic E-state index is 12.4. The molecule has 0 heterocycles. The fraction of sp³-hybridized carbons (Fsp3) is 0.500. The zero-order chi connectivity index (χ0) is 17.3. The monoisotopic (exact) mass is 350 g/mol. The Labute approximate surface area is 132 Å². The minimum absolute atomic E-state index is 0.00651.